The van der Waals surface area contributed by atoms with Crippen molar-refractivity contribution in [3.63, 3.8) is 0 Å². The summed E-state index contributed by atoms with van der Waals surface area (Å²) in [5.74, 6) is 0.250. The van der Waals surface area contributed by atoms with Gasteiger partial charge in [-0.25, -0.2) is 4.79 Å². The Bertz CT molecular complexity index is 935. The summed E-state index contributed by atoms with van der Waals surface area (Å²) in [6, 6.07) is 15.1. The second kappa shape index (κ2) is 12.3. The van der Waals surface area contributed by atoms with Crippen molar-refractivity contribution < 1.29 is 24.2 Å². The highest BCUT2D eigenvalue weighted by Crippen LogP contribution is 2.44. The Labute approximate surface area is 198 Å². The van der Waals surface area contributed by atoms with Crippen LogP contribution in [0.3, 0.4) is 0 Å². The minimum atomic E-state index is -1.03. The predicted octanol–water partition coefficient (Wildman–Crippen LogP) is 4.02. The van der Waals surface area contributed by atoms with E-state index in [0.29, 0.717) is 6.54 Å². The molecule has 0 aromatic heterocycles. The van der Waals surface area contributed by atoms with Crippen molar-refractivity contribution >= 4 is 29.7 Å². The van der Waals surface area contributed by atoms with Gasteiger partial charge in [-0.05, 0) is 40.8 Å². The molecule has 3 N–H and O–H groups in total. The van der Waals surface area contributed by atoms with Crippen LogP contribution < -0.4 is 10.6 Å². The molecule has 7 nitrogen and oxygen atoms in total. The maximum absolute atomic E-state index is 12.5. The van der Waals surface area contributed by atoms with Gasteiger partial charge >= 0.3 is 12.1 Å². The van der Waals surface area contributed by atoms with Gasteiger partial charge in [0, 0.05) is 24.6 Å². The summed E-state index contributed by atoms with van der Waals surface area (Å²) in [6.07, 6.45) is 0.0888. The number of benzene rings is 2. The molecule has 0 saturated heterocycles. The highest BCUT2D eigenvalue weighted by atomic mass is 32.2. The summed E-state index contributed by atoms with van der Waals surface area (Å²) in [5.41, 5.74) is 4.44. The van der Waals surface area contributed by atoms with Crippen molar-refractivity contribution in [2.45, 2.75) is 38.1 Å². The smallest absolute Gasteiger partial charge is 0.407 e. The van der Waals surface area contributed by atoms with E-state index in [1.54, 1.807) is 11.8 Å². The monoisotopic (exact) mass is 470 g/mol. The number of fused-ring (bicyclic) bond motifs is 3. The highest BCUT2D eigenvalue weighted by Gasteiger charge is 2.29. The summed E-state index contributed by atoms with van der Waals surface area (Å²) in [6.45, 7) is 2.67. The Morgan fingerprint density at radius 3 is 2.27 bits per heavy atom. The molecule has 0 radical (unpaired) electrons. The molecule has 0 heterocycles. The van der Waals surface area contributed by atoms with Gasteiger partial charge in [-0.3, -0.25) is 9.59 Å². The first kappa shape index (κ1) is 24.6. The zero-order chi connectivity index (χ0) is 23.6. The van der Waals surface area contributed by atoms with Crippen LogP contribution >= 0.6 is 11.8 Å². The molecule has 2 amide bonds. The molecule has 0 saturated carbocycles. The molecule has 33 heavy (non-hydrogen) atoms. The largest absolute Gasteiger partial charge is 0.481 e. The normalized spacial score (nSPS) is 13.0. The highest BCUT2D eigenvalue weighted by molar-refractivity contribution is 7.99. The molecular formula is C25H30N2O5S. The fourth-order valence-corrected chi connectivity index (χ4v) is 4.67. The molecule has 0 spiro atoms. The van der Waals surface area contributed by atoms with Crippen LogP contribution in [0.15, 0.2) is 48.5 Å². The van der Waals surface area contributed by atoms with E-state index in [0.717, 1.165) is 40.2 Å². The van der Waals surface area contributed by atoms with Gasteiger partial charge in [-0.15, -0.1) is 0 Å². The molecule has 0 bridgehead atoms. The third-order valence-electron chi connectivity index (χ3n) is 5.49. The van der Waals surface area contributed by atoms with Gasteiger partial charge in [0.1, 0.15) is 12.6 Å². The lowest BCUT2D eigenvalue weighted by molar-refractivity contribution is -0.137. The van der Waals surface area contributed by atoms with E-state index in [-0.39, 0.29) is 25.4 Å². The van der Waals surface area contributed by atoms with Gasteiger partial charge in [0.2, 0.25) is 5.91 Å². The first-order chi connectivity index (χ1) is 16.0. The molecule has 1 aliphatic carbocycles. The molecule has 1 unspecified atom stereocenters. The third-order valence-corrected chi connectivity index (χ3v) is 6.68. The molecule has 2 aromatic carbocycles. The number of rotatable bonds is 12. The van der Waals surface area contributed by atoms with Crippen LogP contribution in [0.5, 0.6) is 0 Å². The number of alkyl carbamates (subject to hydrolysis) is 1. The average Bonchev–Trinajstić information content (AvgIpc) is 3.13. The Kier molecular flexibility index (Phi) is 9.18. The number of carbonyl (C=O) groups excluding carboxylic acids is 2. The number of nitrogens with one attached hydrogen (secondary N) is 2. The van der Waals surface area contributed by atoms with Crippen LogP contribution in [0.4, 0.5) is 4.79 Å². The molecule has 1 aliphatic rings. The minimum absolute atomic E-state index is 0.00648. The van der Waals surface area contributed by atoms with Crippen LogP contribution in [0.2, 0.25) is 0 Å². The maximum atomic E-state index is 12.5. The van der Waals surface area contributed by atoms with Crippen molar-refractivity contribution in [2.75, 3.05) is 24.7 Å². The zero-order valence-corrected chi connectivity index (χ0v) is 19.5. The second-order valence-electron chi connectivity index (χ2n) is 7.86. The van der Waals surface area contributed by atoms with Gasteiger partial charge in [-0.2, -0.15) is 11.8 Å². The van der Waals surface area contributed by atoms with E-state index in [1.807, 2.05) is 36.4 Å². The predicted molar refractivity (Wildman–Crippen MR) is 129 cm³/mol. The summed E-state index contributed by atoms with van der Waals surface area (Å²) < 4.78 is 5.50. The number of thioether (sulfide) groups is 1. The first-order valence-corrected chi connectivity index (χ1v) is 12.4. The molecule has 176 valence electrons. The van der Waals surface area contributed by atoms with Gasteiger partial charge in [0.15, 0.2) is 0 Å². The summed E-state index contributed by atoms with van der Waals surface area (Å²) in [7, 11) is 0. The average molecular weight is 471 g/mol. The van der Waals surface area contributed by atoms with Gasteiger partial charge in [-0.1, -0.05) is 55.5 Å². The summed E-state index contributed by atoms with van der Waals surface area (Å²) >= 11 is 1.73. The molecule has 1 atom stereocenters. The number of amides is 2. The van der Waals surface area contributed by atoms with Gasteiger partial charge < -0.3 is 20.5 Å². The van der Waals surface area contributed by atoms with Gasteiger partial charge in [0.25, 0.3) is 0 Å². The number of aliphatic carboxylic acids is 1. The molecule has 3 rings (SSSR count). The van der Waals surface area contributed by atoms with Crippen molar-refractivity contribution in [2.24, 2.45) is 0 Å². The van der Waals surface area contributed by atoms with Crippen LogP contribution in [0, 0.1) is 0 Å². The Morgan fingerprint density at radius 2 is 1.67 bits per heavy atom. The van der Waals surface area contributed by atoms with E-state index in [9.17, 15) is 14.4 Å². The summed E-state index contributed by atoms with van der Waals surface area (Å²) in [5, 5.41) is 14.3. The quantitative estimate of drug-likeness (QED) is 0.405. The van der Waals surface area contributed by atoms with E-state index in [1.165, 1.54) is 0 Å². The van der Waals surface area contributed by atoms with Crippen LogP contribution in [0.1, 0.15) is 43.2 Å². The SMILES string of the molecule is CCCSCCNC(=O)C(CCC(=O)O)NC(=O)OCC1c2ccccc2-c2ccccc21. The van der Waals surface area contributed by atoms with E-state index < -0.39 is 24.0 Å². The Morgan fingerprint density at radius 1 is 1.03 bits per heavy atom. The van der Waals surface area contributed by atoms with Crippen LogP contribution in [-0.2, 0) is 14.3 Å². The van der Waals surface area contributed by atoms with Crippen LogP contribution in [-0.4, -0.2) is 53.8 Å². The molecule has 8 heteroatoms. The van der Waals surface area contributed by atoms with Crippen molar-refractivity contribution in [1.82, 2.24) is 10.6 Å². The number of carbonyl (C=O) groups is 3. The van der Waals surface area contributed by atoms with E-state index in [4.69, 9.17) is 9.84 Å². The lowest BCUT2D eigenvalue weighted by Gasteiger charge is -2.19. The topological polar surface area (TPSA) is 105 Å². The molecule has 0 fully saturated rings. The van der Waals surface area contributed by atoms with Gasteiger partial charge in [0.05, 0.1) is 0 Å². The van der Waals surface area contributed by atoms with E-state index in [2.05, 4.69) is 29.7 Å². The number of hydrogen-bond donors (Lipinski definition) is 3. The third kappa shape index (κ3) is 6.74. The molecule has 2 aromatic rings. The fraction of sp³-hybridized carbons (Fsp3) is 0.400. The molecule has 0 aliphatic heterocycles. The number of ether oxygens (including phenoxy) is 1. The van der Waals surface area contributed by atoms with E-state index >= 15 is 0 Å². The number of carboxylic acids is 1. The fourth-order valence-electron chi connectivity index (χ4n) is 3.93. The minimum Gasteiger partial charge on any atom is -0.481 e. The maximum Gasteiger partial charge on any atom is 0.407 e. The lowest BCUT2D eigenvalue weighted by atomic mass is 9.98. The zero-order valence-electron chi connectivity index (χ0n) is 18.7. The van der Waals surface area contributed by atoms with Crippen molar-refractivity contribution in [3.8, 4) is 11.1 Å². The molecular weight excluding hydrogens is 440 g/mol. The van der Waals surface area contributed by atoms with Crippen molar-refractivity contribution in [3.05, 3.63) is 59.7 Å². The number of hydrogen-bond acceptors (Lipinski definition) is 5. The Balaban J connectivity index is 1.58. The van der Waals surface area contributed by atoms with Crippen molar-refractivity contribution in [1.29, 1.82) is 0 Å². The second-order valence-corrected chi connectivity index (χ2v) is 9.08. The lowest BCUT2D eigenvalue weighted by Crippen LogP contribution is -2.47. The Hall–Kier alpha value is -3.00. The standard InChI is InChI=1S/C25H30N2O5S/c1-2-14-33-15-13-26-24(30)22(11-12-23(28)29)27-25(31)32-16-21-19-9-5-3-7-17(19)18-8-4-6-10-20(18)21/h3-10,21-22H,2,11-16H2,1H3,(H,26,30)(H,27,31)(H,28,29). The summed E-state index contributed by atoms with van der Waals surface area (Å²) in [4.78, 5) is 36.1. The number of carboxylic acid groups (broad SMARTS) is 1. The first-order valence-electron chi connectivity index (χ1n) is 11.2. The van der Waals surface area contributed by atoms with Crippen LogP contribution in [0.25, 0.3) is 11.1 Å².